The number of anilines is 1. The second-order valence-corrected chi connectivity index (χ2v) is 5.54. The second-order valence-electron chi connectivity index (χ2n) is 5.54. The normalized spacial score (nSPS) is 21.1. The number of hydrogen-bond acceptors (Lipinski definition) is 5. The number of aliphatic carboxylic acids is 1. The van der Waals surface area contributed by atoms with E-state index in [0.717, 1.165) is 0 Å². The molecule has 2 atom stereocenters. The molecule has 0 spiro atoms. The Labute approximate surface area is 140 Å². The van der Waals surface area contributed by atoms with Crippen LogP contribution < -0.4 is 4.90 Å². The topological polar surface area (TPSA) is 86.5 Å². The molecule has 1 saturated heterocycles. The van der Waals surface area contributed by atoms with Gasteiger partial charge in [-0.1, -0.05) is 0 Å². The summed E-state index contributed by atoms with van der Waals surface area (Å²) in [5.41, 5.74) is 1.02. The molecule has 2 aromatic rings. The minimum atomic E-state index is -4.69. The first-order valence-corrected chi connectivity index (χ1v) is 7.29. The highest BCUT2D eigenvalue weighted by atomic mass is 19.4. The molecule has 3 rings (SSSR count). The maximum Gasteiger partial charge on any atom is 0.416 e. The van der Waals surface area contributed by atoms with E-state index in [1.54, 1.807) is 12.1 Å². The van der Waals surface area contributed by atoms with Gasteiger partial charge in [0.05, 0.1) is 24.2 Å². The summed E-state index contributed by atoms with van der Waals surface area (Å²) in [5, 5.41) is 18.7. The molecule has 0 saturated carbocycles. The zero-order valence-corrected chi connectivity index (χ0v) is 12.7. The summed E-state index contributed by atoms with van der Waals surface area (Å²) in [6, 6.07) is 8.17. The van der Waals surface area contributed by atoms with E-state index in [4.69, 9.17) is 10.4 Å². The number of fused-ring (bicyclic) bond motifs is 1. The SMILES string of the molecule is N#Cc1ccc(N2C[C@@H](C(F)(F)F)O[C@@H](C(=O)O)C2)c2cccnc12. The third-order valence-corrected chi connectivity index (χ3v) is 3.95. The largest absolute Gasteiger partial charge is 0.479 e. The Bertz CT molecular complexity index is 863. The molecular weight excluding hydrogens is 339 g/mol. The van der Waals surface area contributed by atoms with Crippen LogP contribution in [0.3, 0.4) is 0 Å². The fourth-order valence-corrected chi connectivity index (χ4v) is 2.80. The van der Waals surface area contributed by atoms with Crippen molar-refractivity contribution >= 4 is 22.6 Å². The molecule has 0 amide bonds. The van der Waals surface area contributed by atoms with Crippen molar-refractivity contribution in [2.45, 2.75) is 18.4 Å². The number of pyridine rings is 1. The summed E-state index contributed by atoms with van der Waals surface area (Å²) in [7, 11) is 0. The number of ether oxygens (including phenoxy) is 1. The highest BCUT2D eigenvalue weighted by Gasteiger charge is 2.47. The highest BCUT2D eigenvalue weighted by Crippen LogP contribution is 2.34. The Morgan fingerprint density at radius 3 is 2.76 bits per heavy atom. The van der Waals surface area contributed by atoms with Gasteiger partial charge in [-0.25, -0.2) is 4.79 Å². The van der Waals surface area contributed by atoms with Crippen LogP contribution in [-0.2, 0) is 9.53 Å². The lowest BCUT2D eigenvalue weighted by Crippen LogP contribution is -2.55. The average Bonchev–Trinajstić information content (AvgIpc) is 2.59. The van der Waals surface area contributed by atoms with Crippen LogP contribution in [0.1, 0.15) is 5.56 Å². The number of morpholine rings is 1. The molecule has 9 heteroatoms. The van der Waals surface area contributed by atoms with E-state index >= 15 is 0 Å². The Morgan fingerprint density at radius 1 is 1.36 bits per heavy atom. The fourth-order valence-electron chi connectivity index (χ4n) is 2.80. The van der Waals surface area contributed by atoms with Crippen molar-refractivity contribution < 1.29 is 27.8 Å². The maximum atomic E-state index is 13.1. The molecule has 1 aromatic carbocycles. The minimum absolute atomic E-state index is 0.238. The van der Waals surface area contributed by atoms with E-state index in [1.807, 2.05) is 6.07 Å². The van der Waals surface area contributed by atoms with Crippen LogP contribution in [0.2, 0.25) is 0 Å². The van der Waals surface area contributed by atoms with Crippen LogP contribution in [0.4, 0.5) is 18.9 Å². The first kappa shape index (κ1) is 17.0. The number of hydrogen-bond donors (Lipinski definition) is 1. The lowest BCUT2D eigenvalue weighted by atomic mass is 10.1. The van der Waals surface area contributed by atoms with Crippen molar-refractivity contribution in [1.82, 2.24) is 4.98 Å². The molecule has 1 N–H and O–H groups in total. The summed E-state index contributed by atoms with van der Waals surface area (Å²) in [4.78, 5) is 16.6. The molecule has 1 aliphatic heterocycles. The number of alkyl halides is 3. The molecule has 0 unspecified atom stereocenters. The monoisotopic (exact) mass is 351 g/mol. The Hall–Kier alpha value is -2.86. The van der Waals surface area contributed by atoms with Gasteiger partial charge in [-0.05, 0) is 24.3 Å². The van der Waals surface area contributed by atoms with E-state index in [9.17, 15) is 18.0 Å². The van der Waals surface area contributed by atoms with E-state index in [2.05, 4.69) is 9.72 Å². The summed E-state index contributed by atoms with van der Waals surface area (Å²) in [6.07, 6.45) is -7.04. The number of rotatable bonds is 2. The number of nitriles is 1. The van der Waals surface area contributed by atoms with Gasteiger partial charge in [0.2, 0.25) is 0 Å². The molecule has 0 bridgehead atoms. The van der Waals surface area contributed by atoms with Gasteiger partial charge < -0.3 is 14.7 Å². The molecule has 1 aromatic heterocycles. The summed E-state index contributed by atoms with van der Waals surface area (Å²) >= 11 is 0. The van der Waals surface area contributed by atoms with Crippen molar-refractivity contribution in [3.05, 3.63) is 36.0 Å². The second kappa shape index (κ2) is 6.22. The van der Waals surface area contributed by atoms with Crippen LogP contribution in [0.25, 0.3) is 10.9 Å². The van der Waals surface area contributed by atoms with Gasteiger partial charge in [0.1, 0.15) is 6.07 Å². The van der Waals surface area contributed by atoms with Crippen molar-refractivity contribution in [2.24, 2.45) is 0 Å². The number of carboxylic acid groups (broad SMARTS) is 1. The van der Waals surface area contributed by atoms with Gasteiger partial charge in [0, 0.05) is 17.3 Å². The highest BCUT2D eigenvalue weighted by molar-refractivity contribution is 5.95. The minimum Gasteiger partial charge on any atom is -0.479 e. The molecule has 2 heterocycles. The molecule has 1 aliphatic rings. The Morgan fingerprint density at radius 2 is 2.12 bits per heavy atom. The molecule has 1 fully saturated rings. The third kappa shape index (κ3) is 3.21. The van der Waals surface area contributed by atoms with Crippen LogP contribution in [-0.4, -0.2) is 47.5 Å². The lowest BCUT2D eigenvalue weighted by molar-refractivity contribution is -0.236. The number of carboxylic acids is 1. The van der Waals surface area contributed by atoms with Crippen molar-refractivity contribution in [2.75, 3.05) is 18.0 Å². The number of benzene rings is 1. The van der Waals surface area contributed by atoms with Crippen LogP contribution in [0.15, 0.2) is 30.5 Å². The smallest absolute Gasteiger partial charge is 0.416 e. The Balaban J connectivity index is 2.07. The first-order chi connectivity index (χ1) is 11.8. The standard InChI is InChI=1S/C16H12F3N3O3/c17-16(18,19)13-8-22(7-12(25-13)15(23)24)11-4-3-9(6-20)14-10(11)2-1-5-21-14/h1-5,12-13H,7-8H2,(H,23,24)/t12-,13+/m1/s1. The van der Waals surface area contributed by atoms with Crippen LogP contribution in [0, 0.1) is 11.3 Å². The zero-order chi connectivity index (χ0) is 18.2. The predicted molar refractivity (Wildman–Crippen MR) is 81.0 cm³/mol. The molecular formula is C16H12F3N3O3. The van der Waals surface area contributed by atoms with Gasteiger partial charge in [0.15, 0.2) is 12.2 Å². The molecule has 0 aliphatic carbocycles. The quantitative estimate of drug-likeness (QED) is 0.894. The van der Waals surface area contributed by atoms with Gasteiger partial charge in [-0.15, -0.1) is 0 Å². The first-order valence-electron chi connectivity index (χ1n) is 7.29. The molecule has 0 radical (unpaired) electrons. The van der Waals surface area contributed by atoms with Gasteiger partial charge in [-0.2, -0.15) is 18.4 Å². The summed E-state index contributed by atoms with van der Waals surface area (Å²) < 4.78 is 44.0. The third-order valence-electron chi connectivity index (χ3n) is 3.95. The molecule has 25 heavy (non-hydrogen) atoms. The molecule has 6 nitrogen and oxygen atoms in total. The van der Waals surface area contributed by atoms with Crippen molar-refractivity contribution in [3.63, 3.8) is 0 Å². The fraction of sp³-hybridized carbons (Fsp3) is 0.312. The lowest BCUT2D eigenvalue weighted by Gasteiger charge is -2.38. The predicted octanol–water partition coefficient (Wildman–Crippen LogP) is 2.33. The summed E-state index contributed by atoms with van der Waals surface area (Å²) in [6.45, 7) is -0.777. The summed E-state index contributed by atoms with van der Waals surface area (Å²) in [5.74, 6) is -1.46. The van der Waals surface area contributed by atoms with Gasteiger partial charge in [-0.3, -0.25) is 4.98 Å². The number of halogens is 3. The van der Waals surface area contributed by atoms with Gasteiger partial charge >= 0.3 is 12.1 Å². The number of nitrogens with zero attached hydrogens (tertiary/aromatic N) is 3. The Kier molecular flexibility index (Phi) is 4.22. The van der Waals surface area contributed by atoms with E-state index in [0.29, 0.717) is 16.6 Å². The van der Waals surface area contributed by atoms with Gasteiger partial charge in [0.25, 0.3) is 0 Å². The maximum absolute atomic E-state index is 13.1. The van der Waals surface area contributed by atoms with Crippen molar-refractivity contribution in [3.8, 4) is 6.07 Å². The zero-order valence-electron chi connectivity index (χ0n) is 12.7. The van der Waals surface area contributed by atoms with Crippen LogP contribution >= 0.6 is 0 Å². The number of aromatic nitrogens is 1. The van der Waals surface area contributed by atoms with E-state index in [1.165, 1.54) is 23.2 Å². The van der Waals surface area contributed by atoms with E-state index < -0.39 is 30.9 Å². The average molecular weight is 351 g/mol. The van der Waals surface area contributed by atoms with Crippen molar-refractivity contribution in [1.29, 1.82) is 5.26 Å². The number of carbonyl (C=O) groups is 1. The molecule has 130 valence electrons. The van der Waals surface area contributed by atoms with Crippen LogP contribution in [0.5, 0.6) is 0 Å². The van der Waals surface area contributed by atoms with E-state index in [-0.39, 0.29) is 12.1 Å².